The van der Waals surface area contributed by atoms with Gasteiger partial charge in [-0.25, -0.2) is 0 Å². The van der Waals surface area contributed by atoms with Crippen molar-refractivity contribution in [3.05, 3.63) is 0 Å². The van der Waals surface area contributed by atoms with Gasteiger partial charge in [0.25, 0.3) is 0 Å². The Bertz CT molecular complexity index is 467. The molecule has 174 valence electrons. The Balaban J connectivity index is -0.000000350. The van der Waals surface area contributed by atoms with Crippen LogP contribution in [0.15, 0.2) is 0 Å². The van der Waals surface area contributed by atoms with E-state index in [0.717, 1.165) is 6.42 Å². The van der Waals surface area contributed by atoms with Crippen LogP contribution >= 0.6 is 0 Å². The van der Waals surface area contributed by atoms with Crippen LogP contribution in [0.1, 0.15) is 103 Å². The van der Waals surface area contributed by atoms with Crippen LogP contribution in [-0.4, -0.2) is 35.5 Å². The van der Waals surface area contributed by atoms with Gasteiger partial charge in [0.1, 0.15) is 11.6 Å². The largest absolute Gasteiger partial charge is 0.343 e. The van der Waals surface area contributed by atoms with Gasteiger partial charge in [-0.2, -0.15) is 0 Å². The molecule has 0 fully saturated rings. The molecular weight excluding hydrogens is 362 g/mol. The van der Waals surface area contributed by atoms with Crippen molar-refractivity contribution < 1.29 is 14.4 Å². The maximum Gasteiger partial charge on any atom is 0.225 e. The van der Waals surface area contributed by atoms with Crippen LogP contribution in [0.5, 0.6) is 0 Å². The van der Waals surface area contributed by atoms with Gasteiger partial charge in [-0.3, -0.25) is 14.4 Å². The maximum absolute atomic E-state index is 11.3. The number of Topliss-reactive ketones (excluding diaryl/α,β-unsaturated/α-hetero) is 2. The van der Waals surface area contributed by atoms with E-state index in [-0.39, 0.29) is 23.2 Å². The van der Waals surface area contributed by atoms with Crippen LogP contribution in [0.25, 0.3) is 0 Å². The molecule has 0 aliphatic rings. The summed E-state index contributed by atoms with van der Waals surface area (Å²) in [6.45, 7) is 26.0. The van der Waals surface area contributed by atoms with E-state index in [0.29, 0.717) is 35.9 Å². The average molecular weight is 414 g/mol. The summed E-state index contributed by atoms with van der Waals surface area (Å²) in [5.41, 5.74) is -0.149. The van der Waals surface area contributed by atoms with E-state index >= 15 is 0 Å². The predicted octanol–water partition coefficient (Wildman–Crippen LogP) is 6.41. The quantitative estimate of drug-likeness (QED) is 0.484. The first-order valence-corrected chi connectivity index (χ1v) is 11.2. The van der Waals surface area contributed by atoms with Crippen LogP contribution in [0.4, 0.5) is 0 Å². The topological polar surface area (TPSA) is 54.5 Å². The fraction of sp³-hybridized carbons (Fsp3) is 0.880. The highest BCUT2D eigenvalue weighted by atomic mass is 16.2. The smallest absolute Gasteiger partial charge is 0.225 e. The summed E-state index contributed by atoms with van der Waals surface area (Å²) in [4.78, 5) is 35.2. The Labute approximate surface area is 182 Å². The molecule has 0 aromatic carbocycles. The lowest BCUT2D eigenvalue weighted by molar-refractivity contribution is -0.134. The number of hydrogen-bond acceptors (Lipinski definition) is 3. The Hall–Kier alpha value is -1.19. The molecule has 4 nitrogen and oxygen atoms in total. The minimum absolute atomic E-state index is 0.118. The van der Waals surface area contributed by atoms with Crippen molar-refractivity contribution in [3.8, 4) is 0 Å². The van der Waals surface area contributed by atoms with E-state index in [2.05, 4.69) is 27.7 Å². The fourth-order valence-corrected chi connectivity index (χ4v) is 1.98. The molecule has 0 aliphatic carbocycles. The molecule has 1 amide bonds. The average Bonchev–Trinajstić information content (AvgIpc) is 2.52. The molecule has 29 heavy (non-hydrogen) atoms. The zero-order chi connectivity index (χ0) is 24.1. The predicted molar refractivity (Wildman–Crippen MR) is 126 cm³/mol. The van der Waals surface area contributed by atoms with E-state index < -0.39 is 0 Å². The molecular formula is C25H51NO3. The summed E-state index contributed by atoms with van der Waals surface area (Å²) >= 11 is 0. The normalized spacial score (nSPS) is 11.3. The number of hydrogen-bond donors (Lipinski definition) is 0. The fourth-order valence-electron chi connectivity index (χ4n) is 1.98. The molecule has 0 saturated carbocycles. The van der Waals surface area contributed by atoms with E-state index in [4.69, 9.17) is 0 Å². The zero-order valence-electron chi connectivity index (χ0n) is 22.0. The van der Waals surface area contributed by atoms with Crippen LogP contribution in [-0.2, 0) is 14.4 Å². The second kappa shape index (κ2) is 15.6. The molecule has 0 N–H and O–H groups in total. The summed E-state index contributed by atoms with van der Waals surface area (Å²) in [6.07, 6.45) is 1.45. The van der Waals surface area contributed by atoms with Crippen molar-refractivity contribution >= 4 is 17.5 Å². The van der Waals surface area contributed by atoms with E-state index in [1.165, 1.54) is 0 Å². The van der Waals surface area contributed by atoms with Crippen LogP contribution in [0.2, 0.25) is 0 Å². The van der Waals surface area contributed by atoms with Gasteiger partial charge in [0.15, 0.2) is 0 Å². The van der Waals surface area contributed by atoms with Gasteiger partial charge in [-0.1, -0.05) is 76.2 Å². The molecule has 0 rings (SSSR count). The lowest BCUT2D eigenvalue weighted by atomic mass is 9.86. The van der Waals surface area contributed by atoms with Gasteiger partial charge >= 0.3 is 0 Å². The molecule has 0 unspecified atom stereocenters. The van der Waals surface area contributed by atoms with Gasteiger partial charge in [-0.15, -0.1) is 0 Å². The summed E-state index contributed by atoms with van der Waals surface area (Å²) in [5.74, 6) is 2.30. The first-order chi connectivity index (χ1) is 12.8. The molecule has 0 radical (unpaired) electrons. The number of nitrogens with zero attached hydrogens (tertiary/aromatic N) is 1. The highest BCUT2D eigenvalue weighted by molar-refractivity contribution is 5.83. The van der Waals surface area contributed by atoms with Crippen molar-refractivity contribution in [3.63, 3.8) is 0 Å². The van der Waals surface area contributed by atoms with E-state index in [9.17, 15) is 14.4 Å². The molecule has 0 aliphatic heterocycles. The van der Waals surface area contributed by atoms with Gasteiger partial charge in [0, 0.05) is 43.2 Å². The third kappa shape index (κ3) is 19.9. The lowest BCUT2D eigenvalue weighted by Gasteiger charge is -2.23. The zero-order valence-corrected chi connectivity index (χ0v) is 22.0. The monoisotopic (exact) mass is 413 g/mol. The summed E-state index contributed by atoms with van der Waals surface area (Å²) < 4.78 is 0. The van der Waals surface area contributed by atoms with Gasteiger partial charge in [0.05, 0.1) is 0 Å². The first-order valence-electron chi connectivity index (χ1n) is 11.2. The van der Waals surface area contributed by atoms with Gasteiger partial charge in [0.2, 0.25) is 5.91 Å². The second-order valence-corrected chi connectivity index (χ2v) is 10.7. The highest BCUT2D eigenvalue weighted by Gasteiger charge is 2.21. The Morgan fingerprint density at radius 2 is 1.07 bits per heavy atom. The maximum atomic E-state index is 11.3. The lowest BCUT2D eigenvalue weighted by Crippen LogP contribution is -2.35. The van der Waals surface area contributed by atoms with Crippen LogP contribution in [0, 0.1) is 29.1 Å². The SMILES string of the molecule is CC(C)C(=O)N(C)C(C)C.CC(C)CC(=O)C(C)(C)C.CC(C)CC(=O)C(C)C. The Kier molecular flexibility index (Phi) is 17.5. The van der Waals surface area contributed by atoms with Crippen molar-refractivity contribution in [2.75, 3.05) is 7.05 Å². The molecule has 0 heterocycles. The van der Waals surface area contributed by atoms with Crippen molar-refractivity contribution in [1.82, 2.24) is 4.90 Å². The molecule has 4 heteroatoms. The van der Waals surface area contributed by atoms with Crippen LogP contribution in [0.3, 0.4) is 0 Å². The number of ketones is 2. The minimum Gasteiger partial charge on any atom is -0.343 e. The third-order valence-electron chi connectivity index (χ3n) is 4.30. The number of rotatable bonds is 7. The number of amides is 1. The molecule has 0 aromatic rings. The summed E-state index contributed by atoms with van der Waals surface area (Å²) in [7, 11) is 1.84. The van der Waals surface area contributed by atoms with Gasteiger partial charge in [-0.05, 0) is 25.7 Å². The molecule has 0 saturated heterocycles. The Morgan fingerprint density at radius 1 is 0.690 bits per heavy atom. The summed E-state index contributed by atoms with van der Waals surface area (Å²) in [5, 5.41) is 0. The molecule has 0 aromatic heterocycles. The number of carbonyl (C=O) groups excluding carboxylic acids is 3. The Morgan fingerprint density at radius 3 is 1.17 bits per heavy atom. The van der Waals surface area contributed by atoms with Crippen molar-refractivity contribution in [1.29, 1.82) is 0 Å². The molecule has 0 bridgehead atoms. The summed E-state index contributed by atoms with van der Waals surface area (Å²) in [6, 6.07) is 0.315. The third-order valence-corrected chi connectivity index (χ3v) is 4.30. The number of carbonyl (C=O) groups is 3. The van der Waals surface area contributed by atoms with Gasteiger partial charge < -0.3 is 4.90 Å². The molecule has 0 atom stereocenters. The molecule has 0 spiro atoms. The highest BCUT2D eigenvalue weighted by Crippen LogP contribution is 2.19. The van der Waals surface area contributed by atoms with Crippen LogP contribution < -0.4 is 0 Å². The minimum atomic E-state index is -0.149. The first kappa shape index (κ1) is 32.5. The van der Waals surface area contributed by atoms with Crippen molar-refractivity contribution in [2.24, 2.45) is 29.1 Å². The van der Waals surface area contributed by atoms with E-state index in [1.54, 1.807) is 4.90 Å². The van der Waals surface area contributed by atoms with E-state index in [1.807, 2.05) is 69.4 Å². The standard InChI is InChI=1S/C9H18O.C8H17NO.C8H16O/c1-7(2)6-8(10)9(3,4)5;1-6(2)8(10)9(5)7(3)4;1-6(2)5-8(9)7(3)4/h7H,6H2,1-5H3;6-7H,1-5H3;6-7H,5H2,1-4H3. The second-order valence-electron chi connectivity index (χ2n) is 10.7. The van der Waals surface area contributed by atoms with Crippen molar-refractivity contribution in [2.45, 2.75) is 109 Å².